The van der Waals surface area contributed by atoms with Crippen molar-refractivity contribution in [3.63, 3.8) is 0 Å². The third-order valence-corrected chi connectivity index (χ3v) is 4.49. The topological polar surface area (TPSA) is 30.5 Å². The molecule has 2 unspecified atom stereocenters. The Hall–Kier alpha value is -1.06. The number of likely N-dealkylation sites (N-methyl/N-ethyl adjacent to an activating group) is 1. The Kier molecular flexibility index (Phi) is 3.76. The van der Waals surface area contributed by atoms with Crippen LogP contribution in [0.3, 0.4) is 0 Å². The molecule has 2 aliphatic rings. The minimum Gasteiger partial charge on any atom is -0.497 e. The SMILES string of the molecule is CNC1c2cc(OC)ccc2CCC1OC1CCC1. The van der Waals surface area contributed by atoms with E-state index in [1.54, 1.807) is 7.11 Å². The molecule has 0 spiro atoms. The standard InChI is InChI=1S/C16H23NO2/c1-17-16-14-10-13(18-2)8-6-11(14)7-9-15(16)19-12-4-3-5-12/h6,8,10,12,15-17H,3-5,7,9H2,1-2H3. The van der Waals surface area contributed by atoms with Gasteiger partial charge in [-0.3, -0.25) is 0 Å². The summed E-state index contributed by atoms with van der Waals surface area (Å²) < 4.78 is 11.6. The molecule has 0 radical (unpaired) electrons. The van der Waals surface area contributed by atoms with Crippen LogP contribution in [0.4, 0.5) is 0 Å². The van der Waals surface area contributed by atoms with E-state index < -0.39 is 0 Å². The van der Waals surface area contributed by atoms with Crippen molar-refractivity contribution in [2.45, 2.75) is 50.4 Å². The monoisotopic (exact) mass is 261 g/mol. The summed E-state index contributed by atoms with van der Waals surface area (Å²) in [5.41, 5.74) is 2.77. The molecule has 1 N–H and O–H groups in total. The first-order valence-corrected chi connectivity index (χ1v) is 7.31. The molecule has 0 heterocycles. The maximum Gasteiger partial charge on any atom is 0.119 e. The van der Waals surface area contributed by atoms with Crippen LogP contribution >= 0.6 is 0 Å². The van der Waals surface area contributed by atoms with Crippen molar-refractivity contribution >= 4 is 0 Å². The zero-order valence-corrected chi connectivity index (χ0v) is 11.8. The highest BCUT2D eigenvalue weighted by Gasteiger charge is 2.32. The van der Waals surface area contributed by atoms with E-state index in [1.807, 2.05) is 7.05 Å². The zero-order valence-electron chi connectivity index (χ0n) is 11.8. The predicted molar refractivity (Wildman–Crippen MR) is 75.6 cm³/mol. The number of aryl methyl sites for hydroxylation is 1. The van der Waals surface area contributed by atoms with Gasteiger partial charge < -0.3 is 14.8 Å². The van der Waals surface area contributed by atoms with Crippen LogP contribution in [-0.2, 0) is 11.2 Å². The molecule has 0 aromatic heterocycles. The molecule has 1 aromatic rings. The van der Waals surface area contributed by atoms with Crippen LogP contribution in [0, 0.1) is 0 Å². The highest BCUT2D eigenvalue weighted by molar-refractivity contribution is 5.40. The lowest BCUT2D eigenvalue weighted by atomic mass is 9.84. The first-order chi connectivity index (χ1) is 9.31. The van der Waals surface area contributed by atoms with Gasteiger partial charge in [-0.1, -0.05) is 6.07 Å². The van der Waals surface area contributed by atoms with Gasteiger partial charge in [-0.2, -0.15) is 0 Å². The van der Waals surface area contributed by atoms with Gasteiger partial charge in [0.2, 0.25) is 0 Å². The van der Waals surface area contributed by atoms with Crippen LogP contribution in [0.5, 0.6) is 5.75 Å². The summed E-state index contributed by atoms with van der Waals surface area (Å²) in [7, 11) is 3.75. The number of hydrogen-bond acceptors (Lipinski definition) is 3. The molecule has 2 atom stereocenters. The third-order valence-electron chi connectivity index (χ3n) is 4.49. The van der Waals surface area contributed by atoms with E-state index in [9.17, 15) is 0 Å². The molecule has 0 amide bonds. The number of methoxy groups -OCH3 is 1. The van der Waals surface area contributed by atoms with Crippen LogP contribution in [0.15, 0.2) is 18.2 Å². The van der Waals surface area contributed by atoms with Crippen molar-refractivity contribution in [1.82, 2.24) is 5.32 Å². The molecule has 104 valence electrons. The molecule has 0 aliphatic heterocycles. The molecule has 3 heteroatoms. The predicted octanol–water partition coefficient (Wildman–Crippen LogP) is 2.84. The van der Waals surface area contributed by atoms with Gasteiger partial charge in [0.15, 0.2) is 0 Å². The van der Waals surface area contributed by atoms with Gasteiger partial charge in [0.25, 0.3) is 0 Å². The van der Waals surface area contributed by atoms with Crippen LogP contribution in [0.25, 0.3) is 0 Å². The molecular formula is C16H23NO2. The normalized spacial score (nSPS) is 26.6. The van der Waals surface area contributed by atoms with Gasteiger partial charge in [0.05, 0.1) is 25.4 Å². The molecular weight excluding hydrogens is 238 g/mol. The van der Waals surface area contributed by atoms with E-state index in [2.05, 4.69) is 23.5 Å². The zero-order chi connectivity index (χ0) is 13.2. The summed E-state index contributed by atoms with van der Waals surface area (Å²) in [6.07, 6.45) is 6.81. The molecule has 0 saturated heterocycles. The molecule has 3 rings (SSSR count). The lowest BCUT2D eigenvalue weighted by molar-refractivity contribution is -0.0717. The summed E-state index contributed by atoms with van der Waals surface area (Å²) in [4.78, 5) is 0. The Morgan fingerprint density at radius 2 is 2.05 bits per heavy atom. The lowest BCUT2D eigenvalue weighted by Crippen LogP contribution is -2.39. The van der Waals surface area contributed by atoms with E-state index >= 15 is 0 Å². The van der Waals surface area contributed by atoms with Crippen molar-refractivity contribution in [3.8, 4) is 5.75 Å². The highest BCUT2D eigenvalue weighted by atomic mass is 16.5. The Bertz CT molecular complexity index is 442. The first-order valence-electron chi connectivity index (χ1n) is 7.31. The molecule has 1 aromatic carbocycles. The van der Waals surface area contributed by atoms with Gasteiger partial charge in [-0.25, -0.2) is 0 Å². The van der Waals surface area contributed by atoms with Gasteiger partial charge in [0, 0.05) is 0 Å². The number of rotatable bonds is 4. The summed E-state index contributed by atoms with van der Waals surface area (Å²) in [6, 6.07) is 6.70. The molecule has 3 nitrogen and oxygen atoms in total. The van der Waals surface area contributed by atoms with Gasteiger partial charge in [-0.05, 0) is 62.4 Å². The maximum atomic E-state index is 6.26. The summed E-state index contributed by atoms with van der Waals surface area (Å²) in [5.74, 6) is 0.934. The largest absolute Gasteiger partial charge is 0.497 e. The minimum atomic E-state index is 0.291. The van der Waals surface area contributed by atoms with E-state index in [0.29, 0.717) is 18.2 Å². The van der Waals surface area contributed by atoms with E-state index in [-0.39, 0.29) is 0 Å². The van der Waals surface area contributed by atoms with Crippen molar-refractivity contribution in [3.05, 3.63) is 29.3 Å². The first kappa shape index (κ1) is 12.9. The second kappa shape index (κ2) is 5.51. The van der Waals surface area contributed by atoms with Crippen molar-refractivity contribution in [2.24, 2.45) is 0 Å². The van der Waals surface area contributed by atoms with E-state index in [1.165, 1.54) is 30.4 Å². The Labute approximate surface area is 115 Å². The Balaban J connectivity index is 1.82. The summed E-state index contributed by atoms with van der Waals surface area (Å²) in [6.45, 7) is 0. The van der Waals surface area contributed by atoms with Crippen LogP contribution in [-0.4, -0.2) is 26.4 Å². The number of benzene rings is 1. The smallest absolute Gasteiger partial charge is 0.119 e. The summed E-state index contributed by atoms with van der Waals surface area (Å²) in [5, 5.41) is 3.43. The Morgan fingerprint density at radius 1 is 1.21 bits per heavy atom. The fourth-order valence-electron chi connectivity index (χ4n) is 3.12. The molecule has 2 aliphatic carbocycles. The second-order valence-corrected chi connectivity index (χ2v) is 5.60. The summed E-state index contributed by atoms with van der Waals surface area (Å²) >= 11 is 0. The molecule has 19 heavy (non-hydrogen) atoms. The van der Waals surface area contributed by atoms with Crippen molar-refractivity contribution in [2.75, 3.05) is 14.2 Å². The van der Waals surface area contributed by atoms with Crippen LogP contribution in [0.1, 0.15) is 42.9 Å². The minimum absolute atomic E-state index is 0.291. The number of ether oxygens (including phenoxy) is 2. The molecule has 1 fully saturated rings. The average molecular weight is 261 g/mol. The lowest BCUT2D eigenvalue weighted by Gasteiger charge is -2.38. The van der Waals surface area contributed by atoms with E-state index in [0.717, 1.165) is 18.6 Å². The van der Waals surface area contributed by atoms with Gasteiger partial charge >= 0.3 is 0 Å². The third kappa shape index (κ3) is 2.49. The molecule has 1 saturated carbocycles. The van der Waals surface area contributed by atoms with Gasteiger partial charge in [-0.15, -0.1) is 0 Å². The highest BCUT2D eigenvalue weighted by Crippen LogP contribution is 2.36. The van der Waals surface area contributed by atoms with Gasteiger partial charge in [0.1, 0.15) is 5.75 Å². The Morgan fingerprint density at radius 3 is 2.68 bits per heavy atom. The number of nitrogens with one attached hydrogen (secondary N) is 1. The van der Waals surface area contributed by atoms with Crippen molar-refractivity contribution in [1.29, 1.82) is 0 Å². The molecule has 0 bridgehead atoms. The quantitative estimate of drug-likeness (QED) is 0.904. The van der Waals surface area contributed by atoms with Crippen molar-refractivity contribution < 1.29 is 9.47 Å². The fraction of sp³-hybridized carbons (Fsp3) is 0.625. The van der Waals surface area contributed by atoms with Crippen LogP contribution < -0.4 is 10.1 Å². The van der Waals surface area contributed by atoms with E-state index in [4.69, 9.17) is 9.47 Å². The number of fused-ring (bicyclic) bond motifs is 1. The van der Waals surface area contributed by atoms with Crippen LogP contribution in [0.2, 0.25) is 0 Å². The average Bonchev–Trinajstić information content (AvgIpc) is 2.41. The fourth-order valence-corrected chi connectivity index (χ4v) is 3.12. The second-order valence-electron chi connectivity index (χ2n) is 5.60. The number of hydrogen-bond donors (Lipinski definition) is 1. The maximum absolute atomic E-state index is 6.26.